The van der Waals surface area contributed by atoms with Gasteiger partial charge in [0.25, 0.3) is 0 Å². The van der Waals surface area contributed by atoms with Crippen LogP contribution in [0.5, 0.6) is 0 Å². The molecule has 0 radical (unpaired) electrons. The zero-order valence-corrected chi connectivity index (χ0v) is 8.84. The third-order valence-corrected chi connectivity index (χ3v) is 2.61. The van der Waals surface area contributed by atoms with E-state index in [-0.39, 0.29) is 11.8 Å². The number of nitriles is 1. The number of carbonyl (C=O) groups excluding carboxylic acids is 1. The van der Waals surface area contributed by atoms with Gasteiger partial charge < -0.3 is 5.32 Å². The van der Waals surface area contributed by atoms with Crippen molar-refractivity contribution in [3.8, 4) is 6.07 Å². The van der Waals surface area contributed by atoms with Crippen LogP contribution < -0.4 is 5.32 Å². The predicted octanol–water partition coefficient (Wildman–Crippen LogP) is 1.33. The molecule has 0 saturated heterocycles. The van der Waals surface area contributed by atoms with E-state index in [9.17, 15) is 4.79 Å². The number of carbonyl (C=O) groups is 1. The van der Waals surface area contributed by atoms with E-state index in [1.165, 1.54) is 0 Å². The maximum Gasteiger partial charge on any atom is 0.242 e. The highest BCUT2D eigenvalue weighted by Crippen LogP contribution is 2.23. The van der Waals surface area contributed by atoms with Crippen LogP contribution >= 0.6 is 0 Å². The number of aromatic nitrogens is 1. The van der Waals surface area contributed by atoms with Gasteiger partial charge in [-0.2, -0.15) is 5.26 Å². The normalized spacial score (nSPS) is 24.2. The largest absolute Gasteiger partial charge is 0.325 e. The maximum atomic E-state index is 11.6. The van der Waals surface area contributed by atoms with E-state index in [4.69, 9.17) is 5.26 Å². The second-order valence-corrected chi connectivity index (χ2v) is 3.78. The number of nitrogens with zero attached hydrogens (tertiary/aromatic N) is 2. The van der Waals surface area contributed by atoms with Gasteiger partial charge in [0.2, 0.25) is 5.91 Å². The van der Waals surface area contributed by atoms with E-state index in [1.807, 2.05) is 31.2 Å². The second-order valence-electron chi connectivity index (χ2n) is 3.78. The van der Waals surface area contributed by atoms with Crippen LogP contribution in [-0.2, 0) is 4.79 Å². The summed E-state index contributed by atoms with van der Waals surface area (Å²) in [6, 6.07) is 5.69. The summed E-state index contributed by atoms with van der Waals surface area (Å²) in [6.07, 6.45) is 5.26. The van der Waals surface area contributed by atoms with Gasteiger partial charge in [0.1, 0.15) is 5.92 Å². The number of nitrogens with one attached hydrogen (secondary N) is 1. The highest BCUT2D eigenvalue weighted by Gasteiger charge is 2.29. The third-order valence-electron chi connectivity index (χ3n) is 2.61. The molecular weight excluding hydrogens is 202 g/mol. The molecule has 1 aromatic heterocycles. The molecule has 0 saturated carbocycles. The third kappa shape index (κ3) is 1.80. The Hall–Kier alpha value is -2.15. The number of hydrogen-bond donors (Lipinski definition) is 1. The molecule has 1 aliphatic heterocycles. The standard InChI is InChI=1S/C12H11N3O/c1-8-5-11(9-3-2-4-14-7-9)15-12(16)10(8)6-13/h2-5,7-8,10H,1H3,(H,15,16). The van der Waals surface area contributed by atoms with Crippen LogP contribution in [0.3, 0.4) is 0 Å². The van der Waals surface area contributed by atoms with Crippen LogP contribution in [-0.4, -0.2) is 10.9 Å². The lowest BCUT2D eigenvalue weighted by Gasteiger charge is -2.22. The first-order valence-corrected chi connectivity index (χ1v) is 5.05. The topological polar surface area (TPSA) is 65.8 Å². The summed E-state index contributed by atoms with van der Waals surface area (Å²) in [5.41, 5.74) is 1.59. The van der Waals surface area contributed by atoms with Crippen molar-refractivity contribution < 1.29 is 4.79 Å². The Labute approximate surface area is 93.6 Å². The molecule has 1 amide bonds. The first kappa shape index (κ1) is 10.4. The van der Waals surface area contributed by atoms with Gasteiger partial charge in [0.15, 0.2) is 0 Å². The number of pyridine rings is 1. The van der Waals surface area contributed by atoms with Gasteiger partial charge in [-0.25, -0.2) is 0 Å². The molecule has 80 valence electrons. The Bertz CT molecular complexity index is 473. The lowest BCUT2D eigenvalue weighted by Crippen LogP contribution is -2.36. The Kier molecular flexibility index (Phi) is 2.69. The lowest BCUT2D eigenvalue weighted by molar-refractivity contribution is -0.123. The lowest BCUT2D eigenvalue weighted by atomic mass is 9.89. The van der Waals surface area contributed by atoms with E-state index in [0.29, 0.717) is 0 Å². The molecule has 2 unspecified atom stereocenters. The van der Waals surface area contributed by atoms with Gasteiger partial charge >= 0.3 is 0 Å². The van der Waals surface area contributed by atoms with Crippen LogP contribution in [0.2, 0.25) is 0 Å². The van der Waals surface area contributed by atoms with Crippen LogP contribution in [0.4, 0.5) is 0 Å². The summed E-state index contributed by atoms with van der Waals surface area (Å²) in [4.78, 5) is 15.6. The summed E-state index contributed by atoms with van der Waals surface area (Å²) in [5, 5.41) is 11.6. The van der Waals surface area contributed by atoms with Crippen molar-refractivity contribution in [2.24, 2.45) is 11.8 Å². The Morgan fingerprint density at radius 1 is 1.56 bits per heavy atom. The van der Waals surface area contributed by atoms with Crippen LogP contribution in [0, 0.1) is 23.2 Å². The van der Waals surface area contributed by atoms with Crippen LogP contribution in [0.1, 0.15) is 12.5 Å². The zero-order chi connectivity index (χ0) is 11.5. The molecule has 2 heterocycles. The summed E-state index contributed by atoms with van der Waals surface area (Å²) in [7, 11) is 0. The average molecular weight is 213 g/mol. The number of rotatable bonds is 1. The molecule has 2 rings (SSSR count). The minimum absolute atomic E-state index is 0.0750. The highest BCUT2D eigenvalue weighted by atomic mass is 16.1. The fourth-order valence-electron chi connectivity index (χ4n) is 1.72. The fraction of sp³-hybridized carbons (Fsp3) is 0.250. The van der Waals surface area contributed by atoms with Gasteiger partial charge in [-0.05, 0) is 12.1 Å². The summed E-state index contributed by atoms with van der Waals surface area (Å²) < 4.78 is 0. The Morgan fingerprint density at radius 2 is 2.38 bits per heavy atom. The van der Waals surface area contributed by atoms with E-state index < -0.39 is 5.92 Å². The SMILES string of the molecule is CC1C=C(c2cccnc2)NC(=O)C1C#N. The second kappa shape index (κ2) is 4.15. The molecular formula is C12H11N3O. The van der Waals surface area contributed by atoms with Gasteiger partial charge in [-0.1, -0.05) is 13.0 Å². The molecule has 1 aromatic rings. The van der Waals surface area contributed by atoms with Gasteiger partial charge in [-0.3, -0.25) is 9.78 Å². The van der Waals surface area contributed by atoms with Gasteiger partial charge in [-0.15, -0.1) is 0 Å². The molecule has 16 heavy (non-hydrogen) atoms. The molecule has 4 heteroatoms. The van der Waals surface area contributed by atoms with Crippen LogP contribution in [0.25, 0.3) is 5.70 Å². The zero-order valence-electron chi connectivity index (χ0n) is 8.84. The quantitative estimate of drug-likeness (QED) is 0.765. The van der Waals surface area contributed by atoms with Crippen molar-refractivity contribution >= 4 is 11.6 Å². The molecule has 0 aliphatic carbocycles. The number of amides is 1. The molecule has 0 aromatic carbocycles. The Morgan fingerprint density at radius 3 is 2.94 bits per heavy atom. The minimum atomic E-state index is -0.597. The van der Waals surface area contributed by atoms with Crippen molar-refractivity contribution in [2.45, 2.75) is 6.92 Å². The van der Waals surface area contributed by atoms with Gasteiger partial charge in [0, 0.05) is 29.6 Å². The molecule has 1 N–H and O–H groups in total. The molecule has 2 atom stereocenters. The van der Waals surface area contributed by atoms with Crippen molar-refractivity contribution in [1.82, 2.24) is 10.3 Å². The van der Waals surface area contributed by atoms with E-state index in [0.717, 1.165) is 11.3 Å². The van der Waals surface area contributed by atoms with Crippen LogP contribution in [0.15, 0.2) is 30.6 Å². The minimum Gasteiger partial charge on any atom is -0.325 e. The first-order chi connectivity index (χ1) is 7.72. The van der Waals surface area contributed by atoms with Crippen molar-refractivity contribution in [2.75, 3.05) is 0 Å². The fourth-order valence-corrected chi connectivity index (χ4v) is 1.72. The molecule has 4 nitrogen and oxygen atoms in total. The van der Waals surface area contributed by atoms with E-state index in [1.54, 1.807) is 12.4 Å². The van der Waals surface area contributed by atoms with Crippen molar-refractivity contribution in [3.63, 3.8) is 0 Å². The predicted molar refractivity (Wildman–Crippen MR) is 58.6 cm³/mol. The number of hydrogen-bond acceptors (Lipinski definition) is 3. The molecule has 1 aliphatic rings. The number of allylic oxidation sites excluding steroid dienone is 1. The van der Waals surface area contributed by atoms with Crippen molar-refractivity contribution in [3.05, 3.63) is 36.2 Å². The monoisotopic (exact) mass is 213 g/mol. The molecule has 0 fully saturated rings. The average Bonchev–Trinajstić information content (AvgIpc) is 2.30. The van der Waals surface area contributed by atoms with Gasteiger partial charge in [0.05, 0.1) is 6.07 Å². The molecule has 0 bridgehead atoms. The van der Waals surface area contributed by atoms with E-state index >= 15 is 0 Å². The summed E-state index contributed by atoms with van der Waals surface area (Å²) in [5.74, 6) is -0.911. The molecule has 0 spiro atoms. The Balaban J connectivity index is 2.33. The van der Waals surface area contributed by atoms with Crippen molar-refractivity contribution in [1.29, 1.82) is 5.26 Å². The maximum absolute atomic E-state index is 11.6. The summed E-state index contributed by atoms with van der Waals surface area (Å²) in [6.45, 7) is 1.86. The van der Waals surface area contributed by atoms with E-state index in [2.05, 4.69) is 10.3 Å². The highest BCUT2D eigenvalue weighted by molar-refractivity contribution is 5.92. The first-order valence-electron chi connectivity index (χ1n) is 5.05. The smallest absolute Gasteiger partial charge is 0.242 e. The summed E-state index contributed by atoms with van der Waals surface area (Å²) >= 11 is 0.